The number of nitrogens with zero attached hydrogens (tertiary/aromatic N) is 2. The number of halogens is 4. The molecule has 0 aliphatic rings. The first kappa shape index (κ1) is 16.8. The first-order valence-electron chi connectivity index (χ1n) is 6.19. The lowest BCUT2D eigenvalue weighted by atomic mass is 10.1. The predicted molar refractivity (Wildman–Crippen MR) is 80.0 cm³/mol. The Bertz CT molecular complexity index is 745. The fourth-order valence-electron chi connectivity index (χ4n) is 1.72. The van der Waals surface area contributed by atoms with Crippen molar-refractivity contribution in [1.29, 1.82) is 0 Å². The first-order chi connectivity index (χ1) is 10.8. The largest absolute Gasteiger partial charge is 0.416 e. The van der Waals surface area contributed by atoms with Gasteiger partial charge < -0.3 is 5.73 Å². The van der Waals surface area contributed by atoms with Crippen molar-refractivity contribution in [3.63, 3.8) is 0 Å². The molecule has 0 radical (unpaired) electrons. The average Bonchev–Trinajstić information content (AvgIpc) is 2.46. The standard InChI is InChI=1S/C14H10ClF3N4O/c15-12-6-10(14(16,17)18)5-11(21-12)9-3-1-8(2-4-9)7-20-22-13(19)23/h1-7H,(H3,19,22,23). The number of hydrogen-bond acceptors (Lipinski definition) is 3. The van der Waals surface area contributed by atoms with Crippen LogP contribution in [0.5, 0.6) is 0 Å². The lowest BCUT2D eigenvalue weighted by Gasteiger charge is -2.09. The Morgan fingerprint density at radius 3 is 2.48 bits per heavy atom. The number of nitrogens with two attached hydrogens (primary N) is 1. The quantitative estimate of drug-likeness (QED) is 0.509. The minimum atomic E-state index is -4.51. The lowest BCUT2D eigenvalue weighted by molar-refractivity contribution is -0.137. The number of hydrazone groups is 1. The smallest absolute Gasteiger partial charge is 0.350 e. The zero-order valence-electron chi connectivity index (χ0n) is 11.4. The Morgan fingerprint density at radius 1 is 1.26 bits per heavy atom. The van der Waals surface area contributed by atoms with Crippen molar-refractivity contribution in [2.24, 2.45) is 10.8 Å². The third-order valence-corrected chi connectivity index (χ3v) is 2.91. The van der Waals surface area contributed by atoms with Gasteiger partial charge in [-0.3, -0.25) is 0 Å². The second kappa shape index (κ2) is 6.66. The summed E-state index contributed by atoms with van der Waals surface area (Å²) in [6, 6.07) is 7.19. The molecule has 0 saturated heterocycles. The number of carbonyl (C=O) groups is 1. The summed E-state index contributed by atoms with van der Waals surface area (Å²) in [7, 11) is 0. The van der Waals surface area contributed by atoms with Crippen LogP contribution in [0.15, 0.2) is 41.5 Å². The van der Waals surface area contributed by atoms with E-state index in [1.807, 2.05) is 5.43 Å². The van der Waals surface area contributed by atoms with E-state index in [1.165, 1.54) is 6.21 Å². The van der Waals surface area contributed by atoms with Crippen LogP contribution in [-0.4, -0.2) is 17.2 Å². The number of urea groups is 1. The van der Waals surface area contributed by atoms with E-state index in [0.29, 0.717) is 11.1 Å². The highest BCUT2D eigenvalue weighted by molar-refractivity contribution is 6.29. The summed E-state index contributed by atoms with van der Waals surface area (Å²) in [5.41, 5.74) is 7.17. The van der Waals surface area contributed by atoms with Crippen molar-refractivity contribution in [3.8, 4) is 11.3 Å². The molecule has 5 nitrogen and oxygen atoms in total. The number of aromatic nitrogens is 1. The van der Waals surface area contributed by atoms with Crippen LogP contribution in [0, 0.1) is 0 Å². The molecule has 0 saturated carbocycles. The lowest BCUT2D eigenvalue weighted by Crippen LogP contribution is -2.24. The zero-order chi connectivity index (χ0) is 17.0. The van der Waals surface area contributed by atoms with Gasteiger partial charge in [0.15, 0.2) is 0 Å². The molecule has 2 aromatic rings. The van der Waals surface area contributed by atoms with Crippen LogP contribution in [-0.2, 0) is 6.18 Å². The number of pyridine rings is 1. The molecule has 2 rings (SSSR count). The molecule has 0 spiro atoms. The highest BCUT2D eigenvalue weighted by atomic mass is 35.5. The van der Waals surface area contributed by atoms with E-state index >= 15 is 0 Å². The number of nitrogens with one attached hydrogen (secondary N) is 1. The van der Waals surface area contributed by atoms with Crippen LogP contribution >= 0.6 is 11.6 Å². The number of alkyl halides is 3. The van der Waals surface area contributed by atoms with Gasteiger partial charge in [-0.05, 0) is 17.7 Å². The molecule has 120 valence electrons. The molecule has 2 amide bonds. The fourth-order valence-corrected chi connectivity index (χ4v) is 1.93. The topological polar surface area (TPSA) is 80.4 Å². The SMILES string of the molecule is NC(=O)NN=Cc1ccc(-c2cc(C(F)(F)F)cc(Cl)n2)cc1. The Balaban J connectivity index is 2.27. The molecule has 0 aliphatic heterocycles. The summed E-state index contributed by atoms with van der Waals surface area (Å²) in [6.07, 6.45) is -3.17. The van der Waals surface area contributed by atoms with Crippen molar-refractivity contribution in [2.45, 2.75) is 6.18 Å². The number of hydrogen-bond donors (Lipinski definition) is 2. The molecule has 0 bridgehead atoms. The molecule has 1 aromatic heterocycles. The van der Waals surface area contributed by atoms with Gasteiger partial charge in [0.25, 0.3) is 0 Å². The van der Waals surface area contributed by atoms with Crippen LogP contribution < -0.4 is 11.2 Å². The van der Waals surface area contributed by atoms with E-state index in [4.69, 9.17) is 17.3 Å². The van der Waals surface area contributed by atoms with Crippen molar-refractivity contribution in [1.82, 2.24) is 10.4 Å². The van der Waals surface area contributed by atoms with Gasteiger partial charge in [0.05, 0.1) is 17.5 Å². The van der Waals surface area contributed by atoms with Crippen LogP contribution in [0.1, 0.15) is 11.1 Å². The molecule has 0 fully saturated rings. The molecule has 3 N–H and O–H groups in total. The maximum Gasteiger partial charge on any atom is 0.416 e. The van der Waals surface area contributed by atoms with Crippen LogP contribution in [0.25, 0.3) is 11.3 Å². The minimum absolute atomic E-state index is 0.101. The second-order valence-corrected chi connectivity index (χ2v) is 4.81. The van der Waals surface area contributed by atoms with E-state index in [-0.39, 0.29) is 10.8 Å². The van der Waals surface area contributed by atoms with Gasteiger partial charge in [-0.1, -0.05) is 35.9 Å². The third kappa shape index (κ3) is 4.68. The number of benzene rings is 1. The second-order valence-electron chi connectivity index (χ2n) is 4.42. The summed E-state index contributed by atoms with van der Waals surface area (Å²) in [4.78, 5) is 14.3. The molecule has 0 aliphatic carbocycles. The summed E-state index contributed by atoms with van der Waals surface area (Å²) < 4.78 is 38.4. The fraction of sp³-hybridized carbons (Fsp3) is 0.0714. The number of rotatable bonds is 3. The first-order valence-corrected chi connectivity index (χ1v) is 6.57. The van der Waals surface area contributed by atoms with Crippen molar-refractivity contribution < 1.29 is 18.0 Å². The van der Waals surface area contributed by atoms with E-state index < -0.39 is 17.8 Å². The highest BCUT2D eigenvalue weighted by Crippen LogP contribution is 2.33. The Kier molecular flexibility index (Phi) is 4.85. The number of amides is 2. The zero-order valence-corrected chi connectivity index (χ0v) is 12.2. The van der Waals surface area contributed by atoms with Crippen molar-refractivity contribution in [3.05, 3.63) is 52.7 Å². The number of carbonyl (C=O) groups excluding carboxylic acids is 1. The molecule has 9 heteroatoms. The van der Waals surface area contributed by atoms with Gasteiger partial charge in [0.1, 0.15) is 5.15 Å². The maximum atomic E-state index is 12.8. The number of primary amides is 1. The Labute approximate surface area is 134 Å². The van der Waals surface area contributed by atoms with E-state index in [9.17, 15) is 18.0 Å². The highest BCUT2D eigenvalue weighted by Gasteiger charge is 2.31. The normalized spacial score (nSPS) is 11.7. The summed E-state index contributed by atoms with van der Waals surface area (Å²) in [5, 5.41) is 3.32. The molecule has 1 aromatic carbocycles. The van der Waals surface area contributed by atoms with E-state index in [2.05, 4.69) is 10.1 Å². The maximum absolute atomic E-state index is 12.8. The van der Waals surface area contributed by atoms with Gasteiger partial charge >= 0.3 is 12.2 Å². The summed E-state index contributed by atoms with van der Waals surface area (Å²) in [5.74, 6) is 0. The van der Waals surface area contributed by atoms with Crippen LogP contribution in [0.2, 0.25) is 5.15 Å². The average molecular weight is 343 g/mol. The van der Waals surface area contributed by atoms with E-state index in [1.54, 1.807) is 24.3 Å². The van der Waals surface area contributed by atoms with Gasteiger partial charge in [-0.15, -0.1) is 0 Å². The van der Waals surface area contributed by atoms with Crippen LogP contribution in [0.4, 0.5) is 18.0 Å². The van der Waals surface area contributed by atoms with Gasteiger partial charge in [-0.2, -0.15) is 18.3 Å². The van der Waals surface area contributed by atoms with Gasteiger partial charge in [0.2, 0.25) is 0 Å². The Hall–Kier alpha value is -2.61. The van der Waals surface area contributed by atoms with Crippen molar-refractivity contribution in [2.75, 3.05) is 0 Å². The predicted octanol–water partition coefficient (Wildman–Crippen LogP) is 3.42. The third-order valence-electron chi connectivity index (χ3n) is 2.72. The summed E-state index contributed by atoms with van der Waals surface area (Å²) in [6.45, 7) is 0. The molecule has 23 heavy (non-hydrogen) atoms. The summed E-state index contributed by atoms with van der Waals surface area (Å²) >= 11 is 5.65. The van der Waals surface area contributed by atoms with Crippen molar-refractivity contribution >= 4 is 23.8 Å². The van der Waals surface area contributed by atoms with Gasteiger partial charge in [-0.25, -0.2) is 15.2 Å². The molecular weight excluding hydrogens is 333 g/mol. The monoisotopic (exact) mass is 342 g/mol. The van der Waals surface area contributed by atoms with E-state index in [0.717, 1.165) is 12.1 Å². The van der Waals surface area contributed by atoms with Gasteiger partial charge in [0, 0.05) is 5.56 Å². The Morgan fingerprint density at radius 2 is 1.91 bits per heavy atom. The molecule has 1 heterocycles. The molecule has 0 atom stereocenters. The molecular formula is C14H10ClF3N4O. The molecule has 0 unspecified atom stereocenters. The van der Waals surface area contributed by atoms with Crippen LogP contribution in [0.3, 0.4) is 0 Å². The minimum Gasteiger partial charge on any atom is -0.350 e.